The molecule has 1 nitrogen and oxygen atoms in total. The molecule has 4 fully saturated rings. The molecule has 0 amide bonds. The van der Waals surface area contributed by atoms with Crippen LogP contribution in [0.1, 0.15) is 32.1 Å². The smallest absolute Gasteiger partial charge is 0.0267 e. The Balaban J connectivity index is 1.95. The van der Waals surface area contributed by atoms with E-state index in [2.05, 4.69) is 15.9 Å². The molecule has 4 bridgehead atoms. The number of nitrogens with two attached hydrogens (primary N) is 1. The Morgan fingerprint density at radius 2 is 1.67 bits per heavy atom. The lowest BCUT2D eigenvalue weighted by molar-refractivity contribution is 0.0203. The monoisotopic (exact) mass is 229 g/mol. The van der Waals surface area contributed by atoms with E-state index in [0.29, 0.717) is 10.4 Å². The highest BCUT2D eigenvalue weighted by atomic mass is 79.9. The number of hydrogen-bond acceptors (Lipinski definition) is 1. The fourth-order valence-electron chi connectivity index (χ4n) is 3.96. The van der Waals surface area contributed by atoms with Crippen molar-refractivity contribution in [2.75, 3.05) is 0 Å². The van der Waals surface area contributed by atoms with Crippen molar-refractivity contribution in [1.82, 2.24) is 0 Å². The highest BCUT2D eigenvalue weighted by Gasteiger charge is 2.53. The maximum absolute atomic E-state index is 6.21. The standard InChI is InChI=1S/C10H16BrN/c11-10-3-6-1-7(4-10)9(12)8(2-6)5-10/h6-9H,1-5,12H2. The summed E-state index contributed by atoms with van der Waals surface area (Å²) in [5.41, 5.74) is 6.21. The molecule has 0 radical (unpaired) electrons. The second-order valence-corrected chi connectivity index (χ2v) is 6.88. The molecule has 2 unspecified atom stereocenters. The molecule has 0 aromatic carbocycles. The van der Waals surface area contributed by atoms with Gasteiger partial charge in [-0.05, 0) is 49.9 Å². The van der Waals surface area contributed by atoms with E-state index >= 15 is 0 Å². The van der Waals surface area contributed by atoms with Gasteiger partial charge < -0.3 is 5.73 Å². The normalized spacial score (nSPS) is 62.5. The molecule has 0 heterocycles. The fourth-order valence-corrected chi connectivity index (χ4v) is 5.25. The number of halogens is 1. The van der Waals surface area contributed by atoms with Gasteiger partial charge in [-0.15, -0.1) is 0 Å². The zero-order valence-electron chi connectivity index (χ0n) is 7.30. The predicted molar refractivity (Wildman–Crippen MR) is 53.2 cm³/mol. The van der Waals surface area contributed by atoms with Crippen LogP contribution in [-0.4, -0.2) is 10.4 Å². The molecule has 4 rings (SSSR count). The highest BCUT2D eigenvalue weighted by molar-refractivity contribution is 9.10. The second kappa shape index (κ2) is 2.27. The largest absolute Gasteiger partial charge is 0.327 e. The summed E-state index contributed by atoms with van der Waals surface area (Å²) in [7, 11) is 0. The maximum atomic E-state index is 6.21. The zero-order valence-corrected chi connectivity index (χ0v) is 8.89. The third-order valence-corrected chi connectivity index (χ3v) is 5.24. The Labute approximate surface area is 82.2 Å². The van der Waals surface area contributed by atoms with Gasteiger partial charge in [0.1, 0.15) is 0 Å². The van der Waals surface area contributed by atoms with Gasteiger partial charge in [-0.2, -0.15) is 0 Å². The highest BCUT2D eigenvalue weighted by Crippen LogP contribution is 2.58. The van der Waals surface area contributed by atoms with Crippen molar-refractivity contribution in [3.05, 3.63) is 0 Å². The summed E-state index contributed by atoms with van der Waals surface area (Å²) < 4.78 is 0.513. The van der Waals surface area contributed by atoms with Gasteiger partial charge in [-0.1, -0.05) is 15.9 Å². The van der Waals surface area contributed by atoms with Gasteiger partial charge in [0.2, 0.25) is 0 Å². The third-order valence-electron chi connectivity index (χ3n) is 4.27. The van der Waals surface area contributed by atoms with Crippen LogP contribution in [0.5, 0.6) is 0 Å². The lowest BCUT2D eigenvalue weighted by Crippen LogP contribution is -2.57. The minimum absolute atomic E-state index is 0.513. The number of rotatable bonds is 0. The Morgan fingerprint density at radius 1 is 1.08 bits per heavy atom. The van der Waals surface area contributed by atoms with E-state index in [1.54, 1.807) is 0 Å². The first kappa shape index (κ1) is 7.81. The van der Waals surface area contributed by atoms with E-state index in [-0.39, 0.29) is 0 Å². The van der Waals surface area contributed by atoms with E-state index in [1.807, 2.05) is 0 Å². The SMILES string of the molecule is NC1C2CC3CC1CC(Br)(C3)C2. The lowest BCUT2D eigenvalue weighted by Gasteiger charge is -2.57. The van der Waals surface area contributed by atoms with E-state index in [4.69, 9.17) is 5.73 Å². The minimum atomic E-state index is 0.513. The van der Waals surface area contributed by atoms with Crippen molar-refractivity contribution in [3.63, 3.8) is 0 Å². The van der Waals surface area contributed by atoms with Gasteiger partial charge in [0.15, 0.2) is 0 Å². The van der Waals surface area contributed by atoms with Crippen molar-refractivity contribution in [2.24, 2.45) is 23.5 Å². The fraction of sp³-hybridized carbons (Fsp3) is 1.00. The molecule has 0 spiro atoms. The van der Waals surface area contributed by atoms with Crippen LogP contribution in [0.15, 0.2) is 0 Å². The van der Waals surface area contributed by atoms with Crippen LogP contribution in [0.3, 0.4) is 0 Å². The molecular weight excluding hydrogens is 214 g/mol. The average molecular weight is 230 g/mol. The molecule has 12 heavy (non-hydrogen) atoms. The molecule has 2 atom stereocenters. The second-order valence-electron chi connectivity index (χ2n) is 5.20. The quantitative estimate of drug-likeness (QED) is 0.635. The number of alkyl halides is 1. The van der Waals surface area contributed by atoms with Crippen LogP contribution in [0.2, 0.25) is 0 Å². The van der Waals surface area contributed by atoms with Gasteiger partial charge >= 0.3 is 0 Å². The Kier molecular flexibility index (Phi) is 1.48. The van der Waals surface area contributed by atoms with E-state index in [0.717, 1.165) is 17.8 Å². The molecule has 68 valence electrons. The van der Waals surface area contributed by atoms with Crippen LogP contribution in [-0.2, 0) is 0 Å². The molecular formula is C10H16BrN. The summed E-state index contributed by atoms with van der Waals surface area (Å²) in [5, 5.41) is 0. The average Bonchev–Trinajstić information content (AvgIpc) is 1.96. The van der Waals surface area contributed by atoms with Crippen LogP contribution in [0.25, 0.3) is 0 Å². The van der Waals surface area contributed by atoms with Gasteiger partial charge in [0.25, 0.3) is 0 Å². The molecule has 2 N–H and O–H groups in total. The minimum Gasteiger partial charge on any atom is -0.327 e. The first-order valence-electron chi connectivity index (χ1n) is 5.11. The van der Waals surface area contributed by atoms with E-state index < -0.39 is 0 Å². The summed E-state index contributed by atoms with van der Waals surface area (Å²) in [6.07, 6.45) is 6.96. The molecule has 4 saturated carbocycles. The van der Waals surface area contributed by atoms with Gasteiger partial charge in [0.05, 0.1) is 0 Å². The van der Waals surface area contributed by atoms with Crippen LogP contribution >= 0.6 is 15.9 Å². The third kappa shape index (κ3) is 0.941. The first-order chi connectivity index (χ1) is 5.66. The van der Waals surface area contributed by atoms with Crippen LogP contribution in [0, 0.1) is 17.8 Å². The van der Waals surface area contributed by atoms with E-state index in [9.17, 15) is 0 Å². The van der Waals surface area contributed by atoms with Crippen molar-refractivity contribution in [1.29, 1.82) is 0 Å². The molecule has 0 saturated heterocycles. The van der Waals surface area contributed by atoms with Crippen molar-refractivity contribution in [2.45, 2.75) is 42.5 Å². The molecule has 0 aromatic heterocycles. The van der Waals surface area contributed by atoms with Gasteiger partial charge in [-0.25, -0.2) is 0 Å². The van der Waals surface area contributed by atoms with E-state index in [1.165, 1.54) is 32.1 Å². The first-order valence-corrected chi connectivity index (χ1v) is 5.90. The van der Waals surface area contributed by atoms with Crippen molar-refractivity contribution < 1.29 is 0 Å². The Morgan fingerprint density at radius 3 is 2.17 bits per heavy atom. The summed E-state index contributed by atoms with van der Waals surface area (Å²) in [6.45, 7) is 0. The van der Waals surface area contributed by atoms with Crippen molar-refractivity contribution in [3.8, 4) is 0 Å². The Bertz CT molecular complexity index is 200. The number of hydrogen-bond donors (Lipinski definition) is 1. The molecule has 4 aliphatic rings. The molecule has 2 heteroatoms. The molecule has 0 aromatic rings. The molecule has 0 aliphatic heterocycles. The molecule has 4 aliphatic carbocycles. The predicted octanol–water partition coefficient (Wildman–Crippen LogP) is 2.29. The topological polar surface area (TPSA) is 26.0 Å². The van der Waals surface area contributed by atoms with Gasteiger partial charge in [0, 0.05) is 10.4 Å². The van der Waals surface area contributed by atoms with Crippen LogP contribution < -0.4 is 5.73 Å². The zero-order chi connectivity index (χ0) is 8.34. The maximum Gasteiger partial charge on any atom is 0.0267 e. The summed E-state index contributed by atoms with van der Waals surface area (Å²) >= 11 is 3.93. The summed E-state index contributed by atoms with van der Waals surface area (Å²) in [6, 6.07) is 0.534. The Hall–Kier alpha value is 0.440. The van der Waals surface area contributed by atoms with Gasteiger partial charge in [-0.3, -0.25) is 0 Å². The van der Waals surface area contributed by atoms with Crippen LogP contribution in [0.4, 0.5) is 0 Å². The summed E-state index contributed by atoms with van der Waals surface area (Å²) in [4.78, 5) is 0. The summed E-state index contributed by atoms with van der Waals surface area (Å²) in [5.74, 6) is 2.69. The van der Waals surface area contributed by atoms with Crippen molar-refractivity contribution >= 4 is 15.9 Å². The lowest BCUT2D eigenvalue weighted by atomic mass is 9.54.